The third-order valence-electron chi connectivity index (χ3n) is 2.37. The van der Waals surface area contributed by atoms with Crippen LogP contribution in [0, 0.1) is 5.82 Å². The number of H-pyrrole nitrogens is 1. The maximum absolute atomic E-state index is 13.2. The number of carbonyl (C=O) groups is 1. The van der Waals surface area contributed by atoms with Crippen LogP contribution < -0.4 is 11.1 Å². The first-order valence-corrected chi connectivity index (χ1v) is 5.46. The van der Waals surface area contributed by atoms with Gasteiger partial charge in [-0.15, -0.1) is 0 Å². The van der Waals surface area contributed by atoms with Crippen molar-refractivity contribution in [2.24, 2.45) is 0 Å². The summed E-state index contributed by atoms with van der Waals surface area (Å²) in [4.78, 5) is 11.7. The van der Waals surface area contributed by atoms with E-state index >= 15 is 0 Å². The average molecular weight is 269 g/mol. The van der Waals surface area contributed by atoms with Crippen LogP contribution in [-0.4, -0.2) is 16.1 Å². The maximum Gasteiger partial charge on any atom is 0.251 e. The first-order valence-electron chi connectivity index (χ1n) is 5.09. The fourth-order valence-electron chi connectivity index (χ4n) is 1.38. The van der Waals surface area contributed by atoms with E-state index in [0.717, 1.165) is 6.07 Å². The third kappa shape index (κ3) is 2.60. The van der Waals surface area contributed by atoms with Crippen molar-refractivity contribution in [1.29, 1.82) is 0 Å². The lowest BCUT2D eigenvalue weighted by Gasteiger charge is -2.05. The van der Waals surface area contributed by atoms with Crippen LogP contribution in [0.25, 0.3) is 0 Å². The van der Waals surface area contributed by atoms with Gasteiger partial charge in [0.25, 0.3) is 5.91 Å². The predicted octanol–water partition coefficient (Wildman–Crippen LogP) is 1.71. The average Bonchev–Trinajstić information content (AvgIpc) is 2.75. The second-order valence-corrected chi connectivity index (χ2v) is 4.03. The highest BCUT2D eigenvalue weighted by Crippen LogP contribution is 2.15. The molecule has 0 aliphatic rings. The van der Waals surface area contributed by atoms with Gasteiger partial charge in [-0.05, 0) is 18.2 Å². The number of carbonyl (C=O) groups excluding carboxylic acids is 1. The maximum atomic E-state index is 13.2. The van der Waals surface area contributed by atoms with Gasteiger partial charge >= 0.3 is 0 Å². The lowest BCUT2D eigenvalue weighted by atomic mass is 10.2. The van der Waals surface area contributed by atoms with Gasteiger partial charge in [-0.2, -0.15) is 5.10 Å². The first-order chi connectivity index (χ1) is 8.58. The molecule has 0 fully saturated rings. The summed E-state index contributed by atoms with van der Waals surface area (Å²) in [6.07, 6.45) is 1.51. The molecule has 0 aliphatic heterocycles. The van der Waals surface area contributed by atoms with E-state index in [-0.39, 0.29) is 17.1 Å². The topological polar surface area (TPSA) is 83.8 Å². The summed E-state index contributed by atoms with van der Waals surface area (Å²) in [6, 6.07) is 3.86. The number of aromatic nitrogens is 2. The molecule has 2 rings (SSSR count). The zero-order valence-electron chi connectivity index (χ0n) is 9.21. The molecule has 1 amide bonds. The molecule has 4 N–H and O–H groups in total. The SMILES string of the molecule is Nc1[nH]ncc1CNC(=O)c1ccc(Cl)c(F)c1. The van der Waals surface area contributed by atoms with Crippen molar-refractivity contribution in [2.45, 2.75) is 6.54 Å². The molecule has 7 heteroatoms. The molecule has 0 bridgehead atoms. The van der Waals surface area contributed by atoms with Crippen LogP contribution in [-0.2, 0) is 6.54 Å². The molecule has 1 heterocycles. The van der Waals surface area contributed by atoms with E-state index in [1.54, 1.807) is 0 Å². The smallest absolute Gasteiger partial charge is 0.251 e. The van der Waals surface area contributed by atoms with Crippen LogP contribution in [0.4, 0.5) is 10.2 Å². The Morgan fingerprint density at radius 2 is 2.33 bits per heavy atom. The Balaban J connectivity index is 2.04. The van der Waals surface area contributed by atoms with Crippen molar-refractivity contribution in [2.75, 3.05) is 5.73 Å². The van der Waals surface area contributed by atoms with Gasteiger partial charge in [-0.25, -0.2) is 4.39 Å². The molecule has 0 unspecified atom stereocenters. The van der Waals surface area contributed by atoms with Gasteiger partial charge in [-0.1, -0.05) is 11.6 Å². The van der Waals surface area contributed by atoms with Crippen molar-refractivity contribution in [1.82, 2.24) is 15.5 Å². The first kappa shape index (κ1) is 12.4. The Hall–Kier alpha value is -2.08. The molecular weight excluding hydrogens is 259 g/mol. The molecule has 0 saturated heterocycles. The molecule has 18 heavy (non-hydrogen) atoms. The number of rotatable bonds is 3. The highest BCUT2D eigenvalue weighted by atomic mass is 35.5. The molecule has 1 aromatic carbocycles. The van der Waals surface area contributed by atoms with Crippen molar-refractivity contribution in [3.63, 3.8) is 0 Å². The molecule has 0 radical (unpaired) electrons. The Bertz CT molecular complexity index is 584. The summed E-state index contributed by atoms with van der Waals surface area (Å²) >= 11 is 5.53. The van der Waals surface area contributed by atoms with Gasteiger partial charge < -0.3 is 11.1 Å². The van der Waals surface area contributed by atoms with Crippen molar-refractivity contribution < 1.29 is 9.18 Å². The van der Waals surface area contributed by atoms with E-state index in [1.807, 2.05) is 0 Å². The molecule has 0 saturated carbocycles. The lowest BCUT2D eigenvalue weighted by Crippen LogP contribution is -2.23. The van der Waals surface area contributed by atoms with Crippen molar-refractivity contribution in [3.8, 4) is 0 Å². The van der Waals surface area contributed by atoms with Crippen LogP contribution in [0.1, 0.15) is 15.9 Å². The number of nitrogens with one attached hydrogen (secondary N) is 2. The molecule has 0 aliphatic carbocycles. The van der Waals surface area contributed by atoms with Crippen molar-refractivity contribution >= 4 is 23.3 Å². The van der Waals surface area contributed by atoms with E-state index in [0.29, 0.717) is 11.4 Å². The van der Waals surface area contributed by atoms with Gasteiger partial charge in [0.05, 0.1) is 11.2 Å². The van der Waals surface area contributed by atoms with E-state index < -0.39 is 11.7 Å². The minimum absolute atomic E-state index is 0.0226. The Kier molecular flexibility index (Phi) is 3.47. The lowest BCUT2D eigenvalue weighted by molar-refractivity contribution is 0.0950. The second kappa shape index (κ2) is 5.05. The zero-order chi connectivity index (χ0) is 13.1. The number of hydrogen-bond donors (Lipinski definition) is 3. The summed E-state index contributed by atoms with van der Waals surface area (Å²) in [5.74, 6) is -0.657. The normalized spacial score (nSPS) is 10.3. The van der Waals surface area contributed by atoms with E-state index in [1.165, 1.54) is 18.3 Å². The molecule has 94 valence electrons. The zero-order valence-corrected chi connectivity index (χ0v) is 9.96. The number of nitrogens with zero attached hydrogens (tertiary/aromatic N) is 1. The fourth-order valence-corrected chi connectivity index (χ4v) is 1.49. The van der Waals surface area contributed by atoms with Crippen LogP contribution >= 0.6 is 11.6 Å². The van der Waals surface area contributed by atoms with Crippen LogP contribution in [0.2, 0.25) is 5.02 Å². The number of nitrogen functional groups attached to an aromatic ring is 1. The number of hydrogen-bond acceptors (Lipinski definition) is 3. The Labute approximate surface area is 107 Å². The van der Waals surface area contributed by atoms with Gasteiger partial charge in [0.1, 0.15) is 11.6 Å². The Morgan fingerprint density at radius 1 is 1.56 bits per heavy atom. The van der Waals surface area contributed by atoms with Crippen LogP contribution in [0.5, 0.6) is 0 Å². The fraction of sp³-hybridized carbons (Fsp3) is 0.0909. The van der Waals surface area contributed by atoms with Gasteiger partial charge in [0.2, 0.25) is 0 Å². The third-order valence-corrected chi connectivity index (χ3v) is 2.68. The summed E-state index contributed by atoms with van der Waals surface area (Å²) in [6.45, 7) is 0.214. The highest BCUT2D eigenvalue weighted by Gasteiger charge is 2.09. The summed E-state index contributed by atoms with van der Waals surface area (Å²) in [5, 5.41) is 8.84. The Morgan fingerprint density at radius 3 is 2.94 bits per heavy atom. The molecule has 0 atom stereocenters. The second-order valence-electron chi connectivity index (χ2n) is 3.62. The number of halogens is 2. The number of aromatic amines is 1. The largest absolute Gasteiger partial charge is 0.384 e. The molecule has 0 spiro atoms. The summed E-state index contributed by atoms with van der Waals surface area (Å²) < 4.78 is 13.2. The van der Waals surface area contributed by atoms with E-state index in [4.69, 9.17) is 17.3 Å². The molecular formula is C11H10ClFN4O. The minimum Gasteiger partial charge on any atom is -0.384 e. The van der Waals surface area contributed by atoms with Crippen LogP contribution in [0.15, 0.2) is 24.4 Å². The number of amides is 1. The van der Waals surface area contributed by atoms with Crippen molar-refractivity contribution in [3.05, 3.63) is 46.4 Å². The number of nitrogens with two attached hydrogens (primary N) is 1. The predicted molar refractivity (Wildman–Crippen MR) is 65.6 cm³/mol. The number of benzene rings is 1. The summed E-state index contributed by atoms with van der Waals surface area (Å²) in [5.41, 5.74) is 6.42. The van der Waals surface area contributed by atoms with Gasteiger partial charge in [0.15, 0.2) is 0 Å². The summed E-state index contributed by atoms with van der Waals surface area (Å²) in [7, 11) is 0. The molecule has 5 nitrogen and oxygen atoms in total. The minimum atomic E-state index is -0.632. The van der Waals surface area contributed by atoms with E-state index in [9.17, 15) is 9.18 Å². The standard InChI is InChI=1S/C11H10ClFN4O/c12-8-2-1-6(3-9(8)13)11(18)15-4-7-5-16-17-10(7)14/h1-3,5H,4H2,(H,15,18)(H3,14,16,17). The quantitative estimate of drug-likeness (QED) is 0.792. The molecule has 2 aromatic rings. The van der Waals surface area contributed by atoms with E-state index in [2.05, 4.69) is 15.5 Å². The monoisotopic (exact) mass is 268 g/mol. The molecule has 1 aromatic heterocycles. The highest BCUT2D eigenvalue weighted by molar-refractivity contribution is 6.30. The van der Waals surface area contributed by atoms with Crippen LogP contribution in [0.3, 0.4) is 0 Å². The number of anilines is 1. The van der Waals surface area contributed by atoms with Gasteiger partial charge in [-0.3, -0.25) is 9.89 Å². The van der Waals surface area contributed by atoms with Gasteiger partial charge in [0, 0.05) is 17.7 Å².